The number of carbonyl (C=O) groups is 2. The smallest absolute Gasteiger partial charge is 0.242 e. The lowest BCUT2D eigenvalue weighted by Crippen LogP contribution is -2.45. The predicted octanol–water partition coefficient (Wildman–Crippen LogP) is 1.19. The van der Waals surface area contributed by atoms with Crippen LogP contribution in [0.4, 0.5) is 0 Å². The molecule has 0 fully saturated rings. The Hall–Kier alpha value is -2.04. The third-order valence-electron chi connectivity index (χ3n) is 2.96. The number of nitrogens with one attached hydrogen (secondary N) is 2. The molecule has 0 aliphatic carbocycles. The van der Waals surface area contributed by atoms with Crippen LogP contribution in [-0.2, 0) is 16.0 Å². The van der Waals surface area contributed by atoms with E-state index in [2.05, 4.69) is 10.6 Å². The maximum atomic E-state index is 11.9. The topological polar surface area (TPSA) is 67.4 Å². The van der Waals surface area contributed by atoms with Crippen LogP contribution in [0.2, 0.25) is 0 Å². The van der Waals surface area contributed by atoms with Crippen LogP contribution < -0.4 is 15.4 Å². The summed E-state index contributed by atoms with van der Waals surface area (Å²) in [6.45, 7) is 6.00. The minimum atomic E-state index is -0.533. The summed E-state index contributed by atoms with van der Waals surface area (Å²) >= 11 is 0. The summed E-state index contributed by atoms with van der Waals surface area (Å²) in [5, 5.41) is 5.34. The highest BCUT2D eigenvalue weighted by atomic mass is 16.5. The molecule has 1 unspecified atom stereocenters. The van der Waals surface area contributed by atoms with Gasteiger partial charge in [0.15, 0.2) is 0 Å². The van der Waals surface area contributed by atoms with Gasteiger partial charge in [-0.05, 0) is 38.0 Å². The summed E-state index contributed by atoms with van der Waals surface area (Å²) in [4.78, 5) is 23.4. The monoisotopic (exact) mass is 278 g/mol. The Labute approximate surface area is 119 Å². The zero-order chi connectivity index (χ0) is 15.1. The second-order valence-electron chi connectivity index (χ2n) is 4.66. The van der Waals surface area contributed by atoms with Gasteiger partial charge in [-0.25, -0.2) is 0 Å². The number of likely N-dealkylation sites (N-methyl/N-ethyl adjacent to an activating group) is 1. The second kappa shape index (κ2) is 7.53. The highest BCUT2D eigenvalue weighted by Crippen LogP contribution is 2.19. The summed E-state index contributed by atoms with van der Waals surface area (Å²) in [6, 6.07) is 5.10. The van der Waals surface area contributed by atoms with E-state index in [1.165, 1.54) is 0 Å². The van der Waals surface area contributed by atoms with E-state index in [1.54, 1.807) is 14.0 Å². The lowest BCUT2D eigenvalue weighted by Gasteiger charge is -2.13. The van der Waals surface area contributed by atoms with Crippen LogP contribution in [0.3, 0.4) is 0 Å². The third-order valence-corrected chi connectivity index (χ3v) is 2.96. The van der Waals surface area contributed by atoms with Crippen molar-refractivity contribution in [2.45, 2.75) is 33.2 Å². The van der Waals surface area contributed by atoms with Crippen LogP contribution in [0.15, 0.2) is 18.2 Å². The van der Waals surface area contributed by atoms with Gasteiger partial charge in [0.25, 0.3) is 0 Å². The predicted molar refractivity (Wildman–Crippen MR) is 77.7 cm³/mol. The molecule has 0 aliphatic heterocycles. The Balaban J connectivity index is 2.60. The second-order valence-corrected chi connectivity index (χ2v) is 4.66. The van der Waals surface area contributed by atoms with E-state index < -0.39 is 6.04 Å². The van der Waals surface area contributed by atoms with E-state index in [0.29, 0.717) is 6.54 Å². The molecule has 0 aromatic heterocycles. The molecular formula is C15H22N2O3. The fourth-order valence-corrected chi connectivity index (χ4v) is 1.85. The Kier molecular flexibility index (Phi) is 6.03. The van der Waals surface area contributed by atoms with Crippen LogP contribution in [0.25, 0.3) is 0 Å². The standard InChI is InChI=1S/C15H22N2O3/c1-5-16-15(19)11(3)17-14(18)9-12-7-6-10(2)13(8-12)20-4/h6-8,11H,5,9H2,1-4H3,(H,16,19)(H,17,18). The van der Waals surface area contributed by atoms with Gasteiger partial charge in [0.05, 0.1) is 13.5 Å². The molecule has 1 atom stereocenters. The minimum absolute atomic E-state index is 0.178. The van der Waals surface area contributed by atoms with Crippen molar-refractivity contribution >= 4 is 11.8 Å². The first-order valence-electron chi connectivity index (χ1n) is 6.68. The maximum absolute atomic E-state index is 11.9. The molecule has 110 valence electrons. The zero-order valence-corrected chi connectivity index (χ0v) is 12.4. The molecule has 0 saturated heterocycles. The molecule has 0 heterocycles. The average molecular weight is 278 g/mol. The maximum Gasteiger partial charge on any atom is 0.242 e. The number of hydrogen-bond acceptors (Lipinski definition) is 3. The SMILES string of the molecule is CCNC(=O)C(C)NC(=O)Cc1ccc(C)c(OC)c1. The van der Waals surface area contributed by atoms with Gasteiger partial charge < -0.3 is 15.4 Å². The Morgan fingerprint density at radius 3 is 2.65 bits per heavy atom. The average Bonchev–Trinajstić information content (AvgIpc) is 2.41. The summed E-state index contributed by atoms with van der Waals surface area (Å²) in [5.74, 6) is 0.393. The van der Waals surface area contributed by atoms with E-state index in [9.17, 15) is 9.59 Å². The summed E-state index contributed by atoms with van der Waals surface area (Å²) < 4.78 is 5.22. The number of rotatable bonds is 6. The molecule has 1 aromatic carbocycles. The highest BCUT2D eigenvalue weighted by Gasteiger charge is 2.15. The van der Waals surface area contributed by atoms with Gasteiger partial charge in [-0.2, -0.15) is 0 Å². The lowest BCUT2D eigenvalue weighted by molar-refractivity contribution is -0.128. The van der Waals surface area contributed by atoms with Crippen molar-refractivity contribution in [3.05, 3.63) is 29.3 Å². The Morgan fingerprint density at radius 1 is 1.35 bits per heavy atom. The van der Waals surface area contributed by atoms with E-state index in [1.807, 2.05) is 32.0 Å². The van der Waals surface area contributed by atoms with Crippen LogP contribution in [0, 0.1) is 6.92 Å². The quantitative estimate of drug-likeness (QED) is 0.821. The van der Waals surface area contributed by atoms with E-state index in [0.717, 1.165) is 16.9 Å². The van der Waals surface area contributed by atoms with Gasteiger partial charge >= 0.3 is 0 Å². The molecule has 0 aliphatic rings. The van der Waals surface area contributed by atoms with Crippen molar-refractivity contribution in [3.63, 3.8) is 0 Å². The number of methoxy groups -OCH3 is 1. The van der Waals surface area contributed by atoms with Gasteiger partial charge in [-0.3, -0.25) is 9.59 Å². The summed E-state index contributed by atoms with van der Waals surface area (Å²) in [5.41, 5.74) is 1.88. The number of benzene rings is 1. The Bertz CT molecular complexity index is 486. The van der Waals surface area contributed by atoms with Gasteiger partial charge in [0, 0.05) is 6.54 Å². The molecule has 20 heavy (non-hydrogen) atoms. The van der Waals surface area contributed by atoms with Gasteiger partial charge in [-0.1, -0.05) is 12.1 Å². The van der Waals surface area contributed by atoms with Crippen molar-refractivity contribution in [1.29, 1.82) is 0 Å². The first-order valence-corrected chi connectivity index (χ1v) is 6.68. The van der Waals surface area contributed by atoms with Crippen LogP contribution >= 0.6 is 0 Å². The number of hydrogen-bond donors (Lipinski definition) is 2. The van der Waals surface area contributed by atoms with Crippen molar-refractivity contribution in [2.24, 2.45) is 0 Å². The largest absolute Gasteiger partial charge is 0.496 e. The van der Waals surface area contributed by atoms with Crippen LogP contribution in [-0.4, -0.2) is 31.5 Å². The lowest BCUT2D eigenvalue weighted by atomic mass is 10.1. The molecule has 5 heteroatoms. The summed E-state index contributed by atoms with van der Waals surface area (Å²) in [6.07, 6.45) is 0.223. The minimum Gasteiger partial charge on any atom is -0.496 e. The van der Waals surface area contributed by atoms with Crippen molar-refractivity contribution in [2.75, 3.05) is 13.7 Å². The molecule has 2 amide bonds. The normalized spacial score (nSPS) is 11.6. The van der Waals surface area contributed by atoms with Gasteiger partial charge in [0.2, 0.25) is 11.8 Å². The highest BCUT2D eigenvalue weighted by molar-refractivity contribution is 5.88. The van der Waals surface area contributed by atoms with Gasteiger partial charge in [-0.15, -0.1) is 0 Å². The third kappa shape index (κ3) is 4.57. The van der Waals surface area contributed by atoms with Crippen LogP contribution in [0.1, 0.15) is 25.0 Å². The fourth-order valence-electron chi connectivity index (χ4n) is 1.85. The first-order chi connectivity index (χ1) is 9.47. The van der Waals surface area contributed by atoms with Gasteiger partial charge in [0.1, 0.15) is 11.8 Å². The van der Waals surface area contributed by atoms with Crippen molar-refractivity contribution in [3.8, 4) is 5.75 Å². The first kappa shape index (κ1) is 16.0. The molecule has 1 rings (SSSR count). The zero-order valence-electron chi connectivity index (χ0n) is 12.4. The van der Waals surface area contributed by atoms with Crippen molar-refractivity contribution < 1.29 is 14.3 Å². The molecule has 5 nitrogen and oxygen atoms in total. The number of carbonyl (C=O) groups excluding carboxylic acids is 2. The van der Waals surface area contributed by atoms with Crippen LogP contribution in [0.5, 0.6) is 5.75 Å². The molecular weight excluding hydrogens is 256 g/mol. The molecule has 2 N–H and O–H groups in total. The number of amides is 2. The number of ether oxygens (including phenoxy) is 1. The molecule has 0 bridgehead atoms. The molecule has 0 saturated carbocycles. The molecule has 0 spiro atoms. The number of aryl methyl sites for hydroxylation is 1. The van der Waals surface area contributed by atoms with Crippen molar-refractivity contribution in [1.82, 2.24) is 10.6 Å². The van der Waals surface area contributed by atoms with E-state index in [4.69, 9.17) is 4.74 Å². The molecule has 1 aromatic rings. The van der Waals surface area contributed by atoms with E-state index in [-0.39, 0.29) is 18.2 Å². The Morgan fingerprint density at radius 2 is 2.05 bits per heavy atom. The fraction of sp³-hybridized carbons (Fsp3) is 0.467. The summed E-state index contributed by atoms with van der Waals surface area (Å²) in [7, 11) is 1.60. The van der Waals surface area contributed by atoms with E-state index >= 15 is 0 Å². The molecule has 0 radical (unpaired) electrons.